The van der Waals surface area contributed by atoms with Gasteiger partial charge in [0.25, 0.3) is 5.91 Å². The van der Waals surface area contributed by atoms with Crippen molar-refractivity contribution in [2.75, 3.05) is 18.0 Å². The fourth-order valence-electron chi connectivity index (χ4n) is 6.12. The second-order valence-electron chi connectivity index (χ2n) is 9.93. The molecule has 3 fully saturated rings. The minimum Gasteiger partial charge on any atom is -0.367 e. The molecule has 4 aliphatic heterocycles. The van der Waals surface area contributed by atoms with Crippen molar-refractivity contribution in [3.8, 4) is 0 Å². The Kier molecular flexibility index (Phi) is 5.74. The highest BCUT2D eigenvalue weighted by Crippen LogP contribution is 2.39. The van der Waals surface area contributed by atoms with Gasteiger partial charge < -0.3 is 9.80 Å². The van der Waals surface area contributed by atoms with E-state index in [0.717, 1.165) is 43.7 Å². The van der Waals surface area contributed by atoms with E-state index in [-0.39, 0.29) is 24.1 Å². The van der Waals surface area contributed by atoms with E-state index in [1.54, 1.807) is 4.90 Å². The average molecular weight is 513 g/mol. The third-order valence-electron chi connectivity index (χ3n) is 7.86. The number of carbonyl (C=O) groups excluding carboxylic acids is 3. The summed E-state index contributed by atoms with van der Waals surface area (Å²) in [4.78, 5) is 43.3. The quantitative estimate of drug-likeness (QED) is 0.633. The van der Waals surface area contributed by atoms with Crippen molar-refractivity contribution in [2.24, 2.45) is 0 Å². The van der Waals surface area contributed by atoms with Gasteiger partial charge in [-0.3, -0.25) is 24.6 Å². The molecule has 6 rings (SSSR count). The van der Waals surface area contributed by atoms with Crippen molar-refractivity contribution < 1.29 is 14.4 Å². The van der Waals surface area contributed by atoms with E-state index in [4.69, 9.17) is 23.2 Å². The van der Waals surface area contributed by atoms with Crippen LogP contribution < -0.4 is 10.2 Å². The molecule has 0 aromatic heterocycles. The monoisotopic (exact) mass is 512 g/mol. The first-order chi connectivity index (χ1) is 16.9. The van der Waals surface area contributed by atoms with Gasteiger partial charge in [-0.1, -0.05) is 41.4 Å². The summed E-state index contributed by atoms with van der Waals surface area (Å²) in [7, 11) is 0. The molecule has 2 bridgehead atoms. The van der Waals surface area contributed by atoms with Crippen LogP contribution in [-0.4, -0.2) is 58.7 Å². The van der Waals surface area contributed by atoms with Crippen molar-refractivity contribution in [1.82, 2.24) is 15.1 Å². The first-order valence-electron chi connectivity index (χ1n) is 12.1. The molecule has 182 valence electrons. The number of amides is 3. The fourth-order valence-corrected chi connectivity index (χ4v) is 6.53. The Morgan fingerprint density at radius 1 is 0.971 bits per heavy atom. The molecule has 9 heteroatoms. The van der Waals surface area contributed by atoms with Gasteiger partial charge in [0.05, 0.1) is 15.7 Å². The van der Waals surface area contributed by atoms with Crippen LogP contribution in [0.5, 0.6) is 0 Å². The van der Waals surface area contributed by atoms with Crippen LogP contribution in [0.15, 0.2) is 36.4 Å². The molecule has 0 radical (unpaired) electrons. The Hall–Kier alpha value is -2.61. The van der Waals surface area contributed by atoms with Crippen LogP contribution in [0.3, 0.4) is 0 Å². The number of fused-ring (bicyclic) bond motifs is 3. The summed E-state index contributed by atoms with van der Waals surface area (Å²) in [5.41, 5.74) is 3.78. The lowest BCUT2D eigenvalue weighted by Gasteiger charge is -2.42. The van der Waals surface area contributed by atoms with Gasteiger partial charge in [0, 0.05) is 50.2 Å². The van der Waals surface area contributed by atoms with Gasteiger partial charge in [-0.2, -0.15) is 0 Å². The Labute approximate surface area is 213 Å². The van der Waals surface area contributed by atoms with Gasteiger partial charge in [0.2, 0.25) is 11.8 Å². The average Bonchev–Trinajstić information content (AvgIpc) is 3.26. The second-order valence-corrected chi connectivity index (χ2v) is 10.7. The third kappa shape index (κ3) is 3.99. The second kappa shape index (κ2) is 8.80. The first kappa shape index (κ1) is 22.8. The molecule has 3 saturated heterocycles. The molecule has 0 aliphatic carbocycles. The molecule has 35 heavy (non-hydrogen) atoms. The zero-order valence-corrected chi connectivity index (χ0v) is 20.7. The van der Waals surface area contributed by atoms with Crippen molar-refractivity contribution in [1.29, 1.82) is 0 Å². The number of benzene rings is 2. The number of hydrogen-bond acceptors (Lipinski definition) is 5. The van der Waals surface area contributed by atoms with Crippen molar-refractivity contribution >= 4 is 46.6 Å². The smallest absolute Gasteiger partial charge is 0.255 e. The van der Waals surface area contributed by atoms with Crippen molar-refractivity contribution in [3.63, 3.8) is 0 Å². The molecule has 3 atom stereocenters. The number of piperidine rings is 1. The van der Waals surface area contributed by atoms with Crippen molar-refractivity contribution in [2.45, 2.75) is 56.9 Å². The van der Waals surface area contributed by atoms with Gasteiger partial charge in [-0.15, -0.1) is 0 Å². The summed E-state index contributed by atoms with van der Waals surface area (Å²) >= 11 is 12.8. The molecule has 0 saturated carbocycles. The number of piperazine rings is 1. The topological polar surface area (TPSA) is 73.0 Å². The van der Waals surface area contributed by atoms with E-state index >= 15 is 0 Å². The van der Waals surface area contributed by atoms with Crippen LogP contribution in [0.4, 0.5) is 5.69 Å². The fraction of sp³-hybridized carbons (Fsp3) is 0.423. The lowest BCUT2D eigenvalue weighted by molar-refractivity contribution is -0.136. The number of hydrogen-bond donors (Lipinski definition) is 1. The van der Waals surface area contributed by atoms with Gasteiger partial charge >= 0.3 is 0 Å². The van der Waals surface area contributed by atoms with E-state index < -0.39 is 6.04 Å². The lowest BCUT2D eigenvalue weighted by atomic mass is 10.0. The van der Waals surface area contributed by atoms with E-state index in [0.29, 0.717) is 40.7 Å². The van der Waals surface area contributed by atoms with Crippen molar-refractivity contribution in [3.05, 3.63) is 63.1 Å². The van der Waals surface area contributed by atoms with Gasteiger partial charge in [-0.25, -0.2) is 0 Å². The highest BCUT2D eigenvalue weighted by Gasteiger charge is 2.41. The number of nitrogens with one attached hydrogen (secondary N) is 1. The number of imide groups is 1. The predicted molar refractivity (Wildman–Crippen MR) is 134 cm³/mol. The van der Waals surface area contributed by atoms with E-state index in [1.807, 2.05) is 30.3 Å². The number of halogens is 2. The maximum Gasteiger partial charge on any atom is 0.255 e. The highest BCUT2D eigenvalue weighted by molar-refractivity contribution is 6.43. The molecular formula is C26H26Cl2N4O3. The van der Waals surface area contributed by atoms with Crippen LogP contribution in [0.25, 0.3) is 0 Å². The number of anilines is 1. The summed E-state index contributed by atoms with van der Waals surface area (Å²) < 4.78 is 0. The van der Waals surface area contributed by atoms with Crippen LogP contribution in [0.1, 0.15) is 47.2 Å². The van der Waals surface area contributed by atoms with Crippen LogP contribution >= 0.6 is 23.2 Å². The summed E-state index contributed by atoms with van der Waals surface area (Å²) in [5.74, 6) is -0.782. The Morgan fingerprint density at radius 3 is 2.49 bits per heavy atom. The first-order valence-corrected chi connectivity index (χ1v) is 12.9. The number of rotatable bonds is 4. The molecule has 2 aromatic carbocycles. The molecule has 4 aliphatic rings. The van der Waals surface area contributed by atoms with E-state index in [2.05, 4.69) is 21.2 Å². The predicted octanol–water partition coefficient (Wildman–Crippen LogP) is 3.61. The minimum atomic E-state index is -0.585. The SMILES string of the molecule is O=C1CCC(N2Cc3cc(CN4C5CCC4CN(c4cccc(Cl)c4Cl)C5)ccc3C2=O)C(=O)N1. The number of carbonyl (C=O) groups is 3. The largest absolute Gasteiger partial charge is 0.367 e. The maximum absolute atomic E-state index is 13.0. The normalized spacial score (nSPS) is 26.3. The molecule has 0 spiro atoms. The standard InChI is InChI=1S/C26H26Cl2N4O3/c27-20-2-1-3-21(24(20)28)30-13-17-5-6-18(14-30)31(17)11-15-4-7-19-16(10-15)12-32(26(19)35)22-8-9-23(33)29-25(22)34/h1-4,7,10,17-18,22H,5-6,8-9,11-14H2,(H,29,33,34). The molecule has 7 nitrogen and oxygen atoms in total. The van der Waals surface area contributed by atoms with E-state index in [1.165, 1.54) is 5.56 Å². The molecule has 4 heterocycles. The minimum absolute atomic E-state index is 0.131. The zero-order valence-electron chi connectivity index (χ0n) is 19.2. The zero-order chi connectivity index (χ0) is 24.3. The Bertz CT molecular complexity index is 1220. The summed E-state index contributed by atoms with van der Waals surface area (Å²) in [6.07, 6.45) is 2.93. The molecule has 1 N–H and O–H groups in total. The molecule has 3 unspecified atom stereocenters. The highest BCUT2D eigenvalue weighted by atomic mass is 35.5. The third-order valence-corrected chi connectivity index (χ3v) is 8.67. The van der Waals surface area contributed by atoms with Crippen LogP contribution in [-0.2, 0) is 22.7 Å². The maximum atomic E-state index is 13.0. The Balaban J connectivity index is 1.16. The number of nitrogens with zero attached hydrogens (tertiary/aromatic N) is 3. The molecule has 2 aromatic rings. The van der Waals surface area contributed by atoms with E-state index in [9.17, 15) is 14.4 Å². The van der Waals surface area contributed by atoms with Crippen LogP contribution in [0.2, 0.25) is 10.0 Å². The summed E-state index contributed by atoms with van der Waals surface area (Å²) in [6, 6.07) is 12.1. The molecule has 3 amide bonds. The lowest BCUT2D eigenvalue weighted by Crippen LogP contribution is -2.53. The Morgan fingerprint density at radius 2 is 1.74 bits per heavy atom. The molecular weight excluding hydrogens is 487 g/mol. The summed E-state index contributed by atoms with van der Waals surface area (Å²) in [6.45, 7) is 3.04. The summed E-state index contributed by atoms with van der Waals surface area (Å²) in [5, 5.41) is 3.56. The van der Waals surface area contributed by atoms with Gasteiger partial charge in [-0.05, 0) is 48.6 Å². The van der Waals surface area contributed by atoms with Gasteiger partial charge in [0.15, 0.2) is 0 Å². The van der Waals surface area contributed by atoms with Gasteiger partial charge in [0.1, 0.15) is 6.04 Å². The van der Waals surface area contributed by atoms with Crippen LogP contribution in [0, 0.1) is 0 Å².